The molecule has 1 amide bonds. The average Bonchev–Trinajstić information content (AvgIpc) is 3.39. The smallest absolute Gasteiger partial charge is 0.225 e. The molecular weight excluding hydrogens is 437 g/mol. The SMILES string of the molecule is Cc1ccc(CNC(=O)[C@@H]2CCCN(c3nc4c(s3)c(C)nn4-c3cccc(F)c3)C2)cc1. The molecule has 170 valence electrons. The molecule has 1 fully saturated rings. The zero-order chi connectivity index (χ0) is 22.9. The number of aromatic nitrogens is 3. The molecule has 1 saturated heterocycles. The number of hydrogen-bond acceptors (Lipinski definition) is 5. The number of carbonyl (C=O) groups excluding carboxylic acids is 1. The summed E-state index contributed by atoms with van der Waals surface area (Å²) in [5.74, 6) is -0.291. The van der Waals surface area contributed by atoms with Crippen LogP contribution in [0.25, 0.3) is 16.0 Å². The number of anilines is 1. The Hall–Kier alpha value is -3.26. The molecule has 4 aromatic rings. The quantitative estimate of drug-likeness (QED) is 0.463. The number of benzene rings is 2. The summed E-state index contributed by atoms with van der Waals surface area (Å²) < 4.78 is 16.4. The highest BCUT2D eigenvalue weighted by Crippen LogP contribution is 2.34. The van der Waals surface area contributed by atoms with Gasteiger partial charge in [-0.25, -0.2) is 9.07 Å². The van der Waals surface area contributed by atoms with E-state index < -0.39 is 0 Å². The third-order valence-electron chi connectivity index (χ3n) is 6.08. The number of halogens is 1. The van der Waals surface area contributed by atoms with Gasteiger partial charge in [-0.05, 0) is 50.5 Å². The number of carbonyl (C=O) groups is 1. The van der Waals surface area contributed by atoms with Gasteiger partial charge < -0.3 is 10.2 Å². The molecule has 1 atom stereocenters. The molecule has 0 saturated carbocycles. The van der Waals surface area contributed by atoms with Gasteiger partial charge in [0.1, 0.15) is 5.82 Å². The summed E-state index contributed by atoms with van der Waals surface area (Å²) in [5.41, 5.74) is 4.55. The molecule has 1 aliphatic rings. The summed E-state index contributed by atoms with van der Waals surface area (Å²) in [6.45, 7) is 6.04. The molecule has 5 rings (SSSR count). The molecule has 0 aliphatic carbocycles. The minimum atomic E-state index is -0.306. The largest absolute Gasteiger partial charge is 0.352 e. The molecule has 0 radical (unpaired) electrons. The Bertz CT molecular complexity index is 1300. The summed E-state index contributed by atoms with van der Waals surface area (Å²) in [5, 5.41) is 8.54. The van der Waals surface area contributed by atoms with E-state index in [2.05, 4.69) is 34.4 Å². The van der Waals surface area contributed by atoms with Gasteiger partial charge in [0.25, 0.3) is 0 Å². The van der Waals surface area contributed by atoms with Crippen LogP contribution in [0.2, 0.25) is 0 Å². The Morgan fingerprint density at radius 3 is 2.82 bits per heavy atom. The van der Waals surface area contributed by atoms with Crippen LogP contribution >= 0.6 is 11.3 Å². The van der Waals surface area contributed by atoms with Crippen molar-refractivity contribution in [3.8, 4) is 5.69 Å². The van der Waals surface area contributed by atoms with Gasteiger partial charge in [-0.1, -0.05) is 47.2 Å². The van der Waals surface area contributed by atoms with E-state index in [0.717, 1.165) is 46.1 Å². The van der Waals surface area contributed by atoms with Gasteiger partial charge in [0.15, 0.2) is 10.8 Å². The van der Waals surface area contributed by atoms with Crippen LogP contribution in [0.1, 0.15) is 29.7 Å². The molecule has 8 heteroatoms. The minimum Gasteiger partial charge on any atom is -0.352 e. The Morgan fingerprint density at radius 2 is 2.03 bits per heavy atom. The van der Waals surface area contributed by atoms with Crippen LogP contribution in [0.4, 0.5) is 9.52 Å². The zero-order valence-electron chi connectivity index (χ0n) is 18.7. The minimum absolute atomic E-state index is 0.0722. The maximum Gasteiger partial charge on any atom is 0.225 e. The van der Waals surface area contributed by atoms with Crippen LogP contribution in [-0.4, -0.2) is 33.8 Å². The maximum absolute atomic E-state index is 13.8. The van der Waals surface area contributed by atoms with Gasteiger partial charge >= 0.3 is 0 Å². The second kappa shape index (κ2) is 8.94. The van der Waals surface area contributed by atoms with Crippen LogP contribution in [0.3, 0.4) is 0 Å². The summed E-state index contributed by atoms with van der Waals surface area (Å²) in [4.78, 5) is 19.9. The van der Waals surface area contributed by atoms with Gasteiger partial charge in [0.05, 0.1) is 22.0 Å². The van der Waals surface area contributed by atoms with Gasteiger partial charge in [-0.2, -0.15) is 10.1 Å². The summed E-state index contributed by atoms with van der Waals surface area (Å²) in [7, 11) is 0. The molecular formula is C25H26FN5OS. The lowest BCUT2D eigenvalue weighted by atomic mass is 9.97. The number of amides is 1. The average molecular weight is 464 g/mol. The fraction of sp³-hybridized carbons (Fsp3) is 0.320. The van der Waals surface area contributed by atoms with Crippen molar-refractivity contribution in [2.24, 2.45) is 5.92 Å². The first-order valence-corrected chi connectivity index (χ1v) is 12.0. The first kappa shape index (κ1) is 21.6. The lowest BCUT2D eigenvalue weighted by Crippen LogP contribution is -2.43. The highest BCUT2D eigenvalue weighted by Gasteiger charge is 2.28. The third kappa shape index (κ3) is 4.48. The Morgan fingerprint density at radius 1 is 1.21 bits per heavy atom. The molecule has 33 heavy (non-hydrogen) atoms. The lowest BCUT2D eigenvalue weighted by Gasteiger charge is -2.31. The topological polar surface area (TPSA) is 63.1 Å². The van der Waals surface area contributed by atoms with Crippen molar-refractivity contribution in [1.29, 1.82) is 0 Å². The fourth-order valence-electron chi connectivity index (χ4n) is 4.25. The van der Waals surface area contributed by atoms with Crippen molar-refractivity contribution < 1.29 is 9.18 Å². The van der Waals surface area contributed by atoms with Crippen molar-refractivity contribution in [3.63, 3.8) is 0 Å². The number of piperidine rings is 1. The number of fused-ring (bicyclic) bond motifs is 1. The van der Waals surface area contributed by atoms with Crippen molar-refractivity contribution in [2.45, 2.75) is 33.2 Å². The standard InChI is InChI=1S/C25H26FN5OS/c1-16-8-10-18(11-9-16)14-27-24(32)19-5-4-12-30(15-19)25-28-23-22(33-25)17(2)29-31(23)21-7-3-6-20(26)13-21/h3,6-11,13,19H,4-5,12,14-15H2,1-2H3,(H,27,32)/t19-/m1/s1. The molecule has 2 aromatic carbocycles. The van der Waals surface area contributed by atoms with Gasteiger partial charge in [-0.3, -0.25) is 4.79 Å². The van der Waals surface area contributed by atoms with E-state index >= 15 is 0 Å². The second-order valence-electron chi connectivity index (χ2n) is 8.61. The summed E-state index contributed by atoms with van der Waals surface area (Å²) in [6.07, 6.45) is 1.81. The van der Waals surface area contributed by atoms with Gasteiger partial charge in [0, 0.05) is 19.6 Å². The molecule has 0 bridgehead atoms. The number of hydrogen-bond donors (Lipinski definition) is 1. The molecule has 1 aliphatic heterocycles. The lowest BCUT2D eigenvalue weighted by molar-refractivity contribution is -0.125. The highest BCUT2D eigenvalue weighted by molar-refractivity contribution is 7.22. The van der Waals surface area contributed by atoms with Crippen molar-refractivity contribution in [3.05, 3.63) is 71.2 Å². The van der Waals surface area contributed by atoms with Crippen molar-refractivity contribution >= 4 is 32.7 Å². The second-order valence-corrected chi connectivity index (χ2v) is 9.59. The summed E-state index contributed by atoms with van der Waals surface area (Å²) >= 11 is 1.58. The third-order valence-corrected chi connectivity index (χ3v) is 7.29. The van der Waals surface area contributed by atoms with Crippen LogP contribution < -0.4 is 10.2 Å². The molecule has 3 heterocycles. The van der Waals surface area contributed by atoms with E-state index in [1.54, 1.807) is 22.1 Å². The van der Waals surface area contributed by atoms with E-state index in [-0.39, 0.29) is 17.6 Å². The predicted octanol–water partition coefficient (Wildman–Crippen LogP) is 4.77. The highest BCUT2D eigenvalue weighted by atomic mass is 32.1. The van der Waals surface area contributed by atoms with Crippen LogP contribution in [0.15, 0.2) is 48.5 Å². The zero-order valence-corrected chi connectivity index (χ0v) is 19.5. The van der Waals surface area contributed by atoms with Crippen molar-refractivity contribution in [2.75, 3.05) is 18.0 Å². The number of thiazole rings is 1. The Kier molecular flexibility index (Phi) is 5.85. The van der Waals surface area contributed by atoms with E-state index in [4.69, 9.17) is 4.98 Å². The van der Waals surface area contributed by atoms with E-state index in [1.165, 1.54) is 17.7 Å². The predicted molar refractivity (Wildman–Crippen MR) is 129 cm³/mol. The van der Waals surface area contributed by atoms with Crippen LogP contribution in [0, 0.1) is 25.6 Å². The molecule has 6 nitrogen and oxygen atoms in total. The van der Waals surface area contributed by atoms with Crippen molar-refractivity contribution in [1.82, 2.24) is 20.1 Å². The Balaban J connectivity index is 1.32. The van der Waals surface area contributed by atoms with Gasteiger partial charge in [-0.15, -0.1) is 0 Å². The summed E-state index contributed by atoms with van der Waals surface area (Å²) in [6, 6.07) is 14.6. The molecule has 0 spiro atoms. The number of aryl methyl sites for hydroxylation is 2. The van der Waals surface area contributed by atoms with Crippen LogP contribution in [0.5, 0.6) is 0 Å². The number of rotatable bonds is 5. The van der Waals surface area contributed by atoms with E-state index in [0.29, 0.717) is 18.8 Å². The molecule has 2 aromatic heterocycles. The molecule has 1 N–H and O–H groups in total. The van der Waals surface area contributed by atoms with Gasteiger partial charge in [0.2, 0.25) is 5.91 Å². The maximum atomic E-state index is 13.8. The fourth-order valence-corrected chi connectivity index (χ4v) is 5.27. The van der Waals surface area contributed by atoms with Crippen LogP contribution in [-0.2, 0) is 11.3 Å². The molecule has 0 unspecified atom stereocenters. The number of nitrogens with one attached hydrogen (secondary N) is 1. The number of nitrogens with zero attached hydrogens (tertiary/aromatic N) is 4. The van der Waals surface area contributed by atoms with E-state index in [9.17, 15) is 9.18 Å². The first-order chi connectivity index (χ1) is 16.0. The first-order valence-electron chi connectivity index (χ1n) is 11.2. The van der Waals surface area contributed by atoms with E-state index in [1.807, 2.05) is 25.1 Å². The normalized spacial score (nSPS) is 16.3. The Labute approximate surface area is 196 Å². The monoisotopic (exact) mass is 463 g/mol.